The number of fused-ring (bicyclic) bond motifs is 1. The third kappa shape index (κ3) is 3.85. The number of aromatic amines is 1. The highest BCUT2D eigenvalue weighted by Gasteiger charge is 2.18. The van der Waals surface area contributed by atoms with Crippen LogP contribution in [-0.2, 0) is 11.3 Å². The van der Waals surface area contributed by atoms with Crippen LogP contribution in [0.25, 0.3) is 11.0 Å². The zero-order valence-corrected chi connectivity index (χ0v) is 15.9. The second kappa shape index (κ2) is 7.82. The van der Waals surface area contributed by atoms with E-state index in [4.69, 9.17) is 4.42 Å². The van der Waals surface area contributed by atoms with Gasteiger partial charge in [-0.15, -0.1) is 0 Å². The molecule has 0 saturated heterocycles. The molecule has 0 aromatic carbocycles. The highest BCUT2D eigenvalue weighted by molar-refractivity contribution is 7.99. The lowest BCUT2D eigenvalue weighted by Crippen LogP contribution is -2.28. The van der Waals surface area contributed by atoms with E-state index in [0.29, 0.717) is 28.5 Å². The fraction of sp³-hybridized carbons (Fsp3) is 0.389. The summed E-state index contributed by atoms with van der Waals surface area (Å²) in [5.74, 6) is 0.738. The molecule has 26 heavy (non-hydrogen) atoms. The molecule has 0 unspecified atom stereocenters. The van der Waals surface area contributed by atoms with Crippen LogP contribution in [0.4, 0.5) is 0 Å². The molecule has 7 nitrogen and oxygen atoms in total. The van der Waals surface area contributed by atoms with Crippen molar-refractivity contribution in [2.75, 3.05) is 5.75 Å². The number of hydrogen-bond acceptors (Lipinski definition) is 5. The Bertz CT molecular complexity index is 959. The van der Waals surface area contributed by atoms with Gasteiger partial charge in [-0.2, -0.15) is 0 Å². The summed E-state index contributed by atoms with van der Waals surface area (Å²) in [6.45, 7) is 6.23. The lowest BCUT2D eigenvalue weighted by atomic mass is 10.2. The minimum absolute atomic E-state index is 0.00307. The van der Waals surface area contributed by atoms with Crippen LogP contribution in [0, 0.1) is 6.92 Å². The van der Waals surface area contributed by atoms with E-state index < -0.39 is 0 Å². The Hall–Kier alpha value is -2.48. The van der Waals surface area contributed by atoms with Gasteiger partial charge in [-0.1, -0.05) is 18.7 Å². The molecule has 138 valence electrons. The number of aromatic nitrogens is 3. The van der Waals surface area contributed by atoms with E-state index >= 15 is 0 Å². The first kappa shape index (κ1) is 18.3. The molecule has 3 aromatic rings. The Kier molecular flexibility index (Phi) is 5.51. The smallest absolute Gasteiger partial charge is 0.278 e. The van der Waals surface area contributed by atoms with Crippen LogP contribution in [-0.4, -0.2) is 26.2 Å². The van der Waals surface area contributed by atoms with E-state index in [-0.39, 0.29) is 23.3 Å². The van der Waals surface area contributed by atoms with E-state index in [2.05, 4.69) is 15.3 Å². The Balaban J connectivity index is 1.79. The van der Waals surface area contributed by atoms with Crippen molar-refractivity contribution in [3.8, 4) is 0 Å². The van der Waals surface area contributed by atoms with Crippen molar-refractivity contribution < 1.29 is 9.21 Å². The lowest BCUT2D eigenvalue weighted by Gasteiger charge is -2.17. The van der Waals surface area contributed by atoms with Crippen molar-refractivity contribution in [1.82, 2.24) is 19.9 Å². The molecule has 0 spiro atoms. The number of furan rings is 1. The molecule has 0 saturated carbocycles. The van der Waals surface area contributed by atoms with Crippen molar-refractivity contribution in [1.29, 1.82) is 0 Å². The highest BCUT2D eigenvalue weighted by atomic mass is 32.2. The average Bonchev–Trinajstić information content (AvgIpc) is 3.26. The van der Waals surface area contributed by atoms with Gasteiger partial charge in [0.25, 0.3) is 5.56 Å². The molecule has 1 atom stereocenters. The first-order chi connectivity index (χ1) is 12.5. The third-order valence-electron chi connectivity index (χ3n) is 4.19. The van der Waals surface area contributed by atoms with Crippen molar-refractivity contribution in [2.45, 2.75) is 44.9 Å². The van der Waals surface area contributed by atoms with E-state index in [1.165, 1.54) is 11.8 Å². The molecule has 1 amide bonds. The highest BCUT2D eigenvalue weighted by Crippen LogP contribution is 2.22. The van der Waals surface area contributed by atoms with Gasteiger partial charge in [0.2, 0.25) is 5.91 Å². The molecule has 0 bridgehead atoms. The van der Waals surface area contributed by atoms with Gasteiger partial charge in [0.15, 0.2) is 5.16 Å². The standard InChI is InChI=1S/C18H22N4O3S/c1-4-12(3)22-17(24)16-14(8-11(2)20-16)21-18(22)26-10-15(23)19-9-13-6-5-7-25-13/h5-8,12,20H,4,9-10H2,1-3H3,(H,19,23)/t12-/m0/s1. The second-order valence-corrected chi connectivity index (χ2v) is 7.13. The predicted molar refractivity (Wildman–Crippen MR) is 101 cm³/mol. The second-order valence-electron chi connectivity index (χ2n) is 6.18. The number of rotatable bonds is 7. The lowest BCUT2D eigenvalue weighted by molar-refractivity contribution is -0.118. The van der Waals surface area contributed by atoms with Gasteiger partial charge >= 0.3 is 0 Å². The number of nitrogens with zero attached hydrogens (tertiary/aromatic N) is 2. The molecule has 2 N–H and O–H groups in total. The fourth-order valence-electron chi connectivity index (χ4n) is 2.64. The minimum Gasteiger partial charge on any atom is -0.467 e. The average molecular weight is 374 g/mol. The molecule has 0 aliphatic rings. The quantitative estimate of drug-likeness (QED) is 0.490. The van der Waals surface area contributed by atoms with Gasteiger partial charge in [-0.3, -0.25) is 14.2 Å². The van der Waals surface area contributed by atoms with Crippen molar-refractivity contribution in [3.05, 3.63) is 46.3 Å². The summed E-state index contributed by atoms with van der Waals surface area (Å²) in [7, 11) is 0. The summed E-state index contributed by atoms with van der Waals surface area (Å²) in [6, 6.07) is 5.42. The number of thioether (sulfide) groups is 1. The van der Waals surface area contributed by atoms with Crippen LogP contribution in [0.1, 0.15) is 37.8 Å². The summed E-state index contributed by atoms with van der Waals surface area (Å²) in [6.07, 6.45) is 2.37. The Morgan fingerprint density at radius 1 is 1.50 bits per heavy atom. The molecular formula is C18H22N4O3S. The number of nitrogens with one attached hydrogen (secondary N) is 2. The molecular weight excluding hydrogens is 352 g/mol. The maximum absolute atomic E-state index is 12.9. The summed E-state index contributed by atoms with van der Waals surface area (Å²) in [4.78, 5) is 32.7. The van der Waals surface area contributed by atoms with Crippen LogP contribution < -0.4 is 10.9 Å². The Labute approximate surface area is 155 Å². The van der Waals surface area contributed by atoms with Crippen LogP contribution in [0.2, 0.25) is 0 Å². The van der Waals surface area contributed by atoms with E-state index in [1.807, 2.05) is 26.8 Å². The Morgan fingerprint density at radius 2 is 2.31 bits per heavy atom. The molecule has 8 heteroatoms. The van der Waals surface area contributed by atoms with E-state index in [0.717, 1.165) is 12.1 Å². The zero-order valence-electron chi connectivity index (χ0n) is 15.0. The van der Waals surface area contributed by atoms with Crippen molar-refractivity contribution in [3.63, 3.8) is 0 Å². The Morgan fingerprint density at radius 3 is 3.00 bits per heavy atom. The predicted octanol–water partition coefficient (Wildman–Crippen LogP) is 3.01. The number of hydrogen-bond donors (Lipinski definition) is 2. The molecule has 3 heterocycles. The summed E-state index contributed by atoms with van der Waals surface area (Å²) >= 11 is 1.27. The molecule has 0 radical (unpaired) electrons. The minimum atomic E-state index is -0.137. The van der Waals surface area contributed by atoms with Crippen LogP contribution in [0.15, 0.2) is 38.8 Å². The van der Waals surface area contributed by atoms with Crippen LogP contribution >= 0.6 is 11.8 Å². The van der Waals surface area contributed by atoms with Gasteiger partial charge in [-0.05, 0) is 38.5 Å². The number of aryl methyl sites for hydroxylation is 1. The van der Waals surface area contributed by atoms with E-state index in [1.54, 1.807) is 23.0 Å². The normalized spacial score (nSPS) is 12.4. The largest absolute Gasteiger partial charge is 0.467 e. The topological polar surface area (TPSA) is 92.9 Å². The third-order valence-corrected chi connectivity index (χ3v) is 5.14. The maximum atomic E-state index is 12.9. The van der Waals surface area contributed by atoms with Gasteiger partial charge < -0.3 is 14.7 Å². The first-order valence-electron chi connectivity index (χ1n) is 8.53. The van der Waals surface area contributed by atoms with Crippen LogP contribution in [0.3, 0.4) is 0 Å². The summed E-state index contributed by atoms with van der Waals surface area (Å²) in [5, 5.41) is 3.36. The number of carbonyl (C=O) groups excluding carboxylic acids is 1. The van der Waals surface area contributed by atoms with Crippen LogP contribution in [0.5, 0.6) is 0 Å². The zero-order chi connectivity index (χ0) is 18.7. The van der Waals surface area contributed by atoms with Gasteiger partial charge in [0, 0.05) is 11.7 Å². The number of carbonyl (C=O) groups is 1. The number of amides is 1. The van der Waals surface area contributed by atoms with Crippen molar-refractivity contribution >= 4 is 28.7 Å². The number of H-pyrrole nitrogens is 1. The SMILES string of the molecule is CC[C@H](C)n1c(SCC(=O)NCc2ccco2)nc2cc(C)[nH]c2c1=O. The molecule has 3 aromatic heterocycles. The van der Waals surface area contributed by atoms with E-state index in [9.17, 15) is 9.59 Å². The van der Waals surface area contributed by atoms with Gasteiger partial charge in [0.1, 0.15) is 11.3 Å². The summed E-state index contributed by atoms with van der Waals surface area (Å²) in [5.41, 5.74) is 1.93. The molecule has 0 aliphatic heterocycles. The van der Waals surface area contributed by atoms with Gasteiger partial charge in [0.05, 0.1) is 24.1 Å². The first-order valence-corrected chi connectivity index (χ1v) is 9.52. The monoisotopic (exact) mass is 374 g/mol. The summed E-state index contributed by atoms with van der Waals surface area (Å²) < 4.78 is 6.86. The molecule has 3 rings (SSSR count). The molecule has 0 fully saturated rings. The molecule has 0 aliphatic carbocycles. The maximum Gasteiger partial charge on any atom is 0.278 e. The van der Waals surface area contributed by atoms with Gasteiger partial charge in [-0.25, -0.2) is 4.98 Å². The fourth-order valence-corrected chi connectivity index (χ4v) is 3.57. The van der Waals surface area contributed by atoms with Crippen molar-refractivity contribution in [2.24, 2.45) is 0 Å².